The number of anilines is 1. The molecule has 2 aromatic rings. The summed E-state index contributed by atoms with van der Waals surface area (Å²) in [6, 6.07) is 5.08. The standard InChI is InChI=1S/C12H13N3O3/c1-7(16)8-2-3-10-9(6-8)14-12(13)15(10)5-4-11(17)18/h2-3,6H,4-5H2,1H3,(H2,13,14)(H,17,18). The van der Waals surface area contributed by atoms with Crippen molar-refractivity contribution in [2.45, 2.75) is 19.9 Å². The average Bonchev–Trinajstić information content (AvgIpc) is 2.60. The minimum atomic E-state index is -0.892. The van der Waals surface area contributed by atoms with E-state index in [-0.39, 0.29) is 24.7 Å². The van der Waals surface area contributed by atoms with Crippen LogP contribution in [-0.4, -0.2) is 26.4 Å². The van der Waals surface area contributed by atoms with E-state index in [9.17, 15) is 9.59 Å². The topological polar surface area (TPSA) is 98.2 Å². The van der Waals surface area contributed by atoms with Gasteiger partial charge in [0.25, 0.3) is 0 Å². The van der Waals surface area contributed by atoms with Gasteiger partial charge in [0, 0.05) is 12.1 Å². The summed E-state index contributed by atoms with van der Waals surface area (Å²) in [5.74, 6) is -0.681. The maximum absolute atomic E-state index is 11.3. The minimum absolute atomic E-state index is 0.0237. The largest absolute Gasteiger partial charge is 0.481 e. The van der Waals surface area contributed by atoms with Crippen molar-refractivity contribution in [3.63, 3.8) is 0 Å². The van der Waals surface area contributed by atoms with E-state index in [1.54, 1.807) is 22.8 Å². The summed E-state index contributed by atoms with van der Waals surface area (Å²) in [6.07, 6.45) is -0.0237. The van der Waals surface area contributed by atoms with Crippen LogP contribution >= 0.6 is 0 Å². The number of carboxylic acid groups (broad SMARTS) is 1. The first kappa shape index (κ1) is 12.1. The van der Waals surface area contributed by atoms with Gasteiger partial charge in [0.15, 0.2) is 5.78 Å². The zero-order chi connectivity index (χ0) is 13.3. The zero-order valence-electron chi connectivity index (χ0n) is 9.88. The van der Waals surface area contributed by atoms with Gasteiger partial charge in [-0.1, -0.05) is 0 Å². The quantitative estimate of drug-likeness (QED) is 0.793. The van der Waals surface area contributed by atoms with E-state index in [0.29, 0.717) is 11.1 Å². The van der Waals surface area contributed by atoms with Crippen molar-refractivity contribution in [2.24, 2.45) is 0 Å². The Morgan fingerprint density at radius 2 is 2.17 bits per heavy atom. The van der Waals surface area contributed by atoms with Gasteiger partial charge in [0.05, 0.1) is 17.5 Å². The van der Waals surface area contributed by atoms with Gasteiger partial charge in [0.1, 0.15) is 0 Å². The van der Waals surface area contributed by atoms with Crippen LogP contribution in [0.5, 0.6) is 0 Å². The number of hydrogen-bond acceptors (Lipinski definition) is 4. The number of carbonyl (C=O) groups excluding carboxylic acids is 1. The average molecular weight is 247 g/mol. The van der Waals surface area contributed by atoms with Gasteiger partial charge in [-0.15, -0.1) is 0 Å². The molecule has 0 aliphatic carbocycles. The van der Waals surface area contributed by atoms with E-state index < -0.39 is 5.97 Å². The Morgan fingerprint density at radius 3 is 2.78 bits per heavy atom. The van der Waals surface area contributed by atoms with Gasteiger partial charge in [-0.05, 0) is 25.1 Å². The van der Waals surface area contributed by atoms with Crippen LogP contribution in [0.1, 0.15) is 23.7 Å². The Balaban J connectivity index is 2.45. The predicted molar refractivity (Wildman–Crippen MR) is 66.4 cm³/mol. The molecule has 0 saturated carbocycles. The van der Waals surface area contributed by atoms with Crippen molar-refractivity contribution in [1.82, 2.24) is 9.55 Å². The molecule has 0 atom stereocenters. The number of rotatable bonds is 4. The van der Waals surface area contributed by atoms with E-state index >= 15 is 0 Å². The Hall–Kier alpha value is -2.37. The van der Waals surface area contributed by atoms with Crippen molar-refractivity contribution >= 4 is 28.7 Å². The third-order valence-corrected chi connectivity index (χ3v) is 2.73. The molecule has 6 nitrogen and oxygen atoms in total. The lowest BCUT2D eigenvalue weighted by molar-refractivity contribution is -0.137. The number of aromatic nitrogens is 2. The maximum atomic E-state index is 11.3. The molecule has 0 aliphatic rings. The van der Waals surface area contributed by atoms with Gasteiger partial charge in [-0.25, -0.2) is 4.98 Å². The van der Waals surface area contributed by atoms with E-state index in [2.05, 4.69) is 4.98 Å². The van der Waals surface area contributed by atoms with Gasteiger partial charge >= 0.3 is 5.97 Å². The summed E-state index contributed by atoms with van der Waals surface area (Å²) < 4.78 is 1.63. The monoisotopic (exact) mass is 247 g/mol. The van der Waals surface area contributed by atoms with E-state index in [1.165, 1.54) is 6.92 Å². The molecule has 18 heavy (non-hydrogen) atoms. The van der Waals surface area contributed by atoms with Crippen LogP contribution in [0.2, 0.25) is 0 Å². The number of fused-ring (bicyclic) bond motifs is 1. The maximum Gasteiger partial charge on any atom is 0.305 e. The number of aliphatic carboxylic acids is 1. The second kappa shape index (κ2) is 4.48. The Labute approximate surface area is 103 Å². The summed E-state index contributed by atoms with van der Waals surface area (Å²) >= 11 is 0. The summed E-state index contributed by atoms with van der Waals surface area (Å²) in [6.45, 7) is 1.74. The molecule has 0 spiro atoms. The molecule has 3 N–H and O–H groups in total. The first-order chi connectivity index (χ1) is 8.49. The Morgan fingerprint density at radius 1 is 1.44 bits per heavy atom. The second-order valence-electron chi connectivity index (χ2n) is 4.03. The number of imidazole rings is 1. The molecule has 0 aliphatic heterocycles. The lowest BCUT2D eigenvalue weighted by atomic mass is 10.1. The third kappa shape index (κ3) is 2.17. The van der Waals surface area contributed by atoms with Gasteiger partial charge in [-0.2, -0.15) is 0 Å². The Bertz CT molecular complexity index is 631. The molecular weight excluding hydrogens is 234 g/mol. The van der Waals surface area contributed by atoms with Gasteiger partial charge in [0.2, 0.25) is 5.95 Å². The molecule has 1 heterocycles. The van der Waals surface area contributed by atoms with Crippen LogP contribution in [0, 0.1) is 0 Å². The minimum Gasteiger partial charge on any atom is -0.481 e. The van der Waals surface area contributed by atoms with Crippen molar-refractivity contribution in [1.29, 1.82) is 0 Å². The first-order valence-electron chi connectivity index (χ1n) is 5.47. The van der Waals surface area contributed by atoms with Crippen molar-refractivity contribution in [3.05, 3.63) is 23.8 Å². The zero-order valence-corrected chi connectivity index (χ0v) is 9.88. The highest BCUT2D eigenvalue weighted by Crippen LogP contribution is 2.20. The fraction of sp³-hybridized carbons (Fsp3) is 0.250. The molecule has 1 aromatic heterocycles. The van der Waals surface area contributed by atoms with Crippen LogP contribution < -0.4 is 5.73 Å². The van der Waals surface area contributed by atoms with Crippen molar-refractivity contribution in [2.75, 3.05) is 5.73 Å². The van der Waals surface area contributed by atoms with Gasteiger partial charge in [-0.3, -0.25) is 9.59 Å². The van der Waals surface area contributed by atoms with Crippen LogP contribution in [0.25, 0.3) is 11.0 Å². The molecule has 94 valence electrons. The summed E-state index contributed by atoms with van der Waals surface area (Å²) in [7, 11) is 0. The molecular formula is C12H13N3O3. The van der Waals surface area contributed by atoms with Crippen LogP contribution in [0.15, 0.2) is 18.2 Å². The Kier molecular flexibility index (Phi) is 3.01. The molecule has 0 fully saturated rings. The highest BCUT2D eigenvalue weighted by Gasteiger charge is 2.11. The fourth-order valence-electron chi connectivity index (χ4n) is 1.81. The van der Waals surface area contributed by atoms with Crippen LogP contribution in [0.4, 0.5) is 5.95 Å². The summed E-state index contributed by atoms with van der Waals surface area (Å²) in [5.41, 5.74) is 7.64. The molecule has 2 rings (SSSR count). The lowest BCUT2D eigenvalue weighted by Crippen LogP contribution is -2.07. The highest BCUT2D eigenvalue weighted by atomic mass is 16.4. The summed E-state index contributed by atoms with van der Waals surface area (Å²) in [4.78, 5) is 25.9. The number of carboxylic acids is 1. The molecule has 0 unspecified atom stereocenters. The normalized spacial score (nSPS) is 10.7. The number of ketones is 1. The number of nitrogen functional groups attached to an aromatic ring is 1. The van der Waals surface area contributed by atoms with Crippen molar-refractivity contribution in [3.8, 4) is 0 Å². The third-order valence-electron chi connectivity index (χ3n) is 2.73. The number of hydrogen-bond donors (Lipinski definition) is 2. The van der Waals surface area contributed by atoms with E-state index in [0.717, 1.165) is 5.52 Å². The predicted octanol–water partition coefficient (Wildman–Crippen LogP) is 1.30. The number of Topliss-reactive ketones (excluding diaryl/α,β-unsaturated/α-hetero) is 1. The second-order valence-corrected chi connectivity index (χ2v) is 4.03. The first-order valence-corrected chi connectivity index (χ1v) is 5.47. The highest BCUT2D eigenvalue weighted by molar-refractivity contribution is 5.97. The number of nitrogens with zero attached hydrogens (tertiary/aromatic N) is 2. The fourth-order valence-corrected chi connectivity index (χ4v) is 1.81. The number of aryl methyl sites for hydroxylation is 1. The van der Waals surface area contributed by atoms with E-state index in [4.69, 9.17) is 10.8 Å². The summed E-state index contributed by atoms with van der Waals surface area (Å²) in [5, 5.41) is 8.67. The smallest absolute Gasteiger partial charge is 0.305 e. The number of benzene rings is 1. The van der Waals surface area contributed by atoms with Crippen LogP contribution in [0.3, 0.4) is 0 Å². The van der Waals surface area contributed by atoms with Crippen molar-refractivity contribution < 1.29 is 14.7 Å². The molecule has 6 heteroatoms. The molecule has 0 bridgehead atoms. The number of carbonyl (C=O) groups is 2. The molecule has 0 saturated heterocycles. The lowest BCUT2D eigenvalue weighted by Gasteiger charge is -2.04. The molecule has 0 radical (unpaired) electrons. The molecule has 1 aromatic carbocycles. The van der Waals surface area contributed by atoms with Crippen LogP contribution in [-0.2, 0) is 11.3 Å². The van der Waals surface area contributed by atoms with Gasteiger partial charge < -0.3 is 15.4 Å². The number of nitrogens with two attached hydrogens (primary N) is 1. The SMILES string of the molecule is CC(=O)c1ccc2c(c1)nc(N)n2CCC(=O)O. The molecule has 0 amide bonds. The van der Waals surface area contributed by atoms with E-state index in [1.807, 2.05) is 0 Å².